The highest BCUT2D eigenvalue weighted by Gasteiger charge is 2.10. The molecule has 0 saturated heterocycles. The first-order valence-corrected chi connectivity index (χ1v) is 3.33. The summed E-state index contributed by atoms with van der Waals surface area (Å²) in [5.41, 5.74) is 0.561. The molecule has 5 heteroatoms. The van der Waals surface area contributed by atoms with E-state index in [4.69, 9.17) is 0 Å². The van der Waals surface area contributed by atoms with Crippen LogP contribution in [0.4, 0.5) is 0 Å². The topological polar surface area (TPSA) is 60.3 Å². The summed E-state index contributed by atoms with van der Waals surface area (Å²) >= 11 is 0. The first-order chi connectivity index (χ1) is 5.63. The first-order valence-electron chi connectivity index (χ1n) is 3.33. The van der Waals surface area contributed by atoms with Crippen LogP contribution in [0.5, 0.6) is 0 Å². The van der Waals surface area contributed by atoms with Gasteiger partial charge in [-0.25, -0.2) is 0 Å². The summed E-state index contributed by atoms with van der Waals surface area (Å²) in [5, 5.41) is 7.05. The minimum Gasteiger partial charge on any atom is -0.399 e. The molecule has 0 N–H and O–H groups in total. The molecular formula is C7H12N2O3. The second-order valence-corrected chi connectivity index (χ2v) is 2.04. The third kappa shape index (κ3) is 3.14. The van der Waals surface area contributed by atoms with Crippen LogP contribution in [-0.2, 0) is 14.5 Å². The highest BCUT2D eigenvalue weighted by Crippen LogP contribution is 1.89. The van der Waals surface area contributed by atoms with Gasteiger partial charge in [-0.3, -0.25) is 4.79 Å². The quantitative estimate of drug-likeness (QED) is 0.461. The average Bonchev–Trinajstić information content (AvgIpc) is 1.99. The Morgan fingerprint density at radius 1 is 1.08 bits per heavy atom. The first kappa shape index (κ1) is 10.6. The van der Waals surface area contributed by atoms with Crippen LogP contribution in [0, 0.1) is 0 Å². The largest absolute Gasteiger partial charge is 0.399 e. The molecular weight excluding hydrogens is 160 g/mol. The molecule has 0 rings (SSSR count). The maximum absolute atomic E-state index is 10.9. The van der Waals surface area contributed by atoms with Crippen LogP contribution in [-0.4, -0.2) is 31.4 Å². The standard InChI is InChI=1S/C7H12N2O3/c1-5(8-11-3)7(6(2)10)9-12-4/h1-4H3/b8-5-,9-7-. The van der Waals surface area contributed by atoms with Gasteiger partial charge in [-0.15, -0.1) is 0 Å². The Kier molecular flexibility index (Phi) is 4.67. The van der Waals surface area contributed by atoms with Crippen molar-refractivity contribution in [2.24, 2.45) is 10.3 Å². The van der Waals surface area contributed by atoms with Gasteiger partial charge in [-0.1, -0.05) is 10.3 Å². The normalized spacial score (nSPS) is 12.7. The maximum Gasteiger partial charge on any atom is 0.183 e. The predicted octanol–water partition coefficient (Wildman–Crippen LogP) is 0.600. The molecule has 0 aromatic heterocycles. The molecule has 0 unspecified atom stereocenters. The van der Waals surface area contributed by atoms with Crippen LogP contribution >= 0.6 is 0 Å². The van der Waals surface area contributed by atoms with Crippen molar-refractivity contribution in [2.75, 3.05) is 14.2 Å². The molecule has 0 saturated carbocycles. The van der Waals surface area contributed by atoms with Crippen molar-refractivity contribution in [3.63, 3.8) is 0 Å². The Balaban J connectivity index is 4.64. The lowest BCUT2D eigenvalue weighted by Gasteiger charge is -1.98. The van der Waals surface area contributed by atoms with E-state index >= 15 is 0 Å². The molecule has 0 aliphatic rings. The van der Waals surface area contributed by atoms with Gasteiger partial charge in [0.05, 0.1) is 0 Å². The second-order valence-electron chi connectivity index (χ2n) is 2.04. The molecule has 12 heavy (non-hydrogen) atoms. The van der Waals surface area contributed by atoms with Crippen molar-refractivity contribution >= 4 is 17.2 Å². The Morgan fingerprint density at radius 2 is 1.58 bits per heavy atom. The van der Waals surface area contributed by atoms with E-state index in [9.17, 15) is 4.79 Å². The molecule has 0 fully saturated rings. The molecule has 0 spiro atoms. The van der Waals surface area contributed by atoms with Crippen LogP contribution in [0.25, 0.3) is 0 Å². The van der Waals surface area contributed by atoms with Gasteiger partial charge in [0.25, 0.3) is 0 Å². The molecule has 0 aromatic carbocycles. The lowest BCUT2D eigenvalue weighted by molar-refractivity contribution is -0.111. The van der Waals surface area contributed by atoms with Crippen LogP contribution < -0.4 is 0 Å². The number of ketones is 1. The molecule has 0 radical (unpaired) electrons. The fourth-order valence-electron chi connectivity index (χ4n) is 0.657. The third-order valence-electron chi connectivity index (χ3n) is 1.09. The molecule has 0 aliphatic heterocycles. The highest BCUT2D eigenvalue weighted by atomic mass is 16.6. The molecule has 0 atom stereocenters. The number of oxime groups is 2. The lowest BCUT2D eigenvalue weighted by atomic mass is 10.2. The van der Waals surface area contributed by atoms with Crippen molar-refractivity contribution in [2.45, 2.75) is 13.8 Å². The Hall–Kier alpha value is -1.39. The van der Waals surface area contributed by atoms with Crippen LogP contribution in [0.2, 0.25) is 0 Å². The maximum atomic E-state index is 10.9. The van der Waals surface area contributed by atoms with Crippen molar-refractivity contribution < 1.29 is 14.5 Å². The minimum atomic E-state index is -0.213. The zero-order chi connectivity index (χ0) is 9.56. The summed E-state index contributed by atoms with van der Waals surface area (Å²) < 4.78 is 0. The SMILES string of the molecule is CO/N=C(C)\C(=N\OC)C(C)=O. The predicted molar refractivity (Wildman–Crippen MR) is 45.2 cm³/mol. The number of carbonyl (C=O) groups is 1. The fraction of sp³-hybridized carbons (Fsp3) is 0.571. The number of carbonyl (C=O) groups excluding carboxylic acids is 1. The van der Waals surface area contributed by atoms with Crippen molar-refractivity contribution in [1.29, 1.82) is 0 Å². The van der Waals surface area contributed by atoms with Crippen molar-refractivity contribution in [3.8, 4) is 0 Å². The Morgan fingerprint density at radius 3 is 1.92 bits per heavy atom. The number of nitrogens with zero attached hydrogens (tertiary/aromatic N) is 2. The summed E-state index contributed by atoms with van der Waals surface area (Å²) in [5.74, 6) is -0.213. The highest BCUT2D eigenvalue weighted by molar-refractivity contribution is 6.66. The van der Waals surface area contributed by atoms with Gasteiger partial charge in [0.1, 0.15) is 19.9 Å². The number of hydrogen-bond donors (Lipinski definition) is 0. The van der Waals surface area contributed by atoms with Gasteiger partial charge < -0.3 is 9.68 Å². The van der Waals surface area contributed by atoms with Gasteiger partial charge >= 0.3 is 0 Å². The van der Waals surface area contributed by atoms with E-state index in [1.807, 2.05) is 0 Å². The minimum absolute atomic E-state index is 0.166. The van der Waals surface area contributed by atoms with E-state index in [0.29, 0.717) is 5.71 Å². The van der Waals surface area contributed by atoms with Crippen LogP contribution in [0.3, 0.4) is 0 Å². The summed E-state index contributed by atoms with van der Waals surface area (Å²) in [6.07, 6.45) is 0. The monoisotopic (exact) mass is 172 g/mol. The van der Waals surface area contributed by atoms with Crippen molar-refractivity contribution in [1.82, 2.24) is 0 Å². The van der Waals surface area contributed by atoms with E-state index in [1.165, 1.54) is 21.1 Å². The molecule has 68 valence electrons. The third-order valence-corrected chi connectivity index (χ3v) is 1.09. The summed E-state index contributed by atoms with van der Waals surface area (Å²) in [7, 11) is 2.76. The van der Waals surface area contributed by atoms with E-state index in [1.54, 1.807) is 6.92 Å². The zero-order valence-corrected chi connectivity index (χ0v) is 7.62. The second kappa shape index (κ2) is 5.29. The van der Waals surface area contributed by atoms with E-state index in [0.717, 1.165) is 0 Å². The molecule has 0 aliphatic carbocycles. The zero-order valence-electron chi connectivity index (χ0n) is 7.62. The van der Waals surface area contributed by atoms with Crippen LogP contribution in [0.1, 0.15) is 13.8 Å². The number of hydrogen-bond acceptors (Lipinski definition) is 5. The van der Waals surface area contributed by atoms with E-state index in [-0.39, 0.29) is 11.5 Å². The molecule has 0 aromatic rings. The van der Waals surface area contributed by atoms with E-state index < -0.39 is 0 Å². The lowest BCUT2D eigenvalue weighted by Crippen LogP contribution is -2.19. The van der Waals surface area contributed by atoms with Gasteiger partial charge in [0, 0.05) is 6.92 Å². The Bertz CT molecular complexity index is 221. The smallest absolute Gasteiger partial charge is 0.183 e. The van der Waals surface area contributed by atoms with Gasteiger partial charge in [-0.2, -0.15) is 0 Å². The van der Waals surface area contributed by atoms with Gasteiger partial charge in [-0.05, 0) is 6.92 Å². The molecule has 0 heterocycles. The summed E-state index contributed by atoms with van der Waals surface area (Å²) in [6.45, 7) is 3.00. The number of rotatable bonds is 4. The van der Waals surface area contributed by atoms with Gasteiger partial charge in [0.15, 0.2) is 11.5 Å². The molecule has 0 amide bonds. The summed E-state index contributed by atoms with van der Waals surface area (Å²) in [4.78, 5) is 19.8. The van der Waals surface area contributed by atoms with Crippen LogP contribution in [0.15, 0.2) is 10.3 Å². The van der Waals surface area contributed by atoms with Crippen molar-refractivity contribution in [3.05, 3.63) is 0 Å². The summed E-state index contributed by atoms with van der Waals surface area (Å²) in [6, 6.07) is 0. The fourth-order valence-corrected chi connectivity index (χ4v) is 0.657. The van der Waals surface area contributed by atoms with Gasteiger partial charge in [0.2, 0.25) is 0 Å². The number of Topliss-reactive ketones (excluding diaryl/α,β-unsaturated/α-hetero) is 1. The molecule has 5 nitrogen and oxygen atoms in total. The Labute approximate surface area is 71.0 Å². The molecule has 0 bridgehead atoms. The average molecular weight is 172 g/mol. The van der Waals surface area contributed by atoms with E-state index in [2.05, 4.69) is 20.0 Å².